The van der Waals surface area contributed by atoms with Gasteiger partial charge in [0, 0.05) is 11.5 Å². The van der Waals surface area contributed by atoms with Gasteiger partial charge in [0.1, 0.15) is 12.2 Å². The molecule has 1 aliphatic carbocycles. The molecule has 3 atom stereocenters. The van der Waals surface area contributed by atoms with Gasteiger partial charge in [0.25, 0.3) is 0 Å². The summed E-state index contributed by atoms with van der Waals surface area (Å²) >= 11 is 0. The van der Waals surface area contributed by atoms with E-state index in [0.29, 0.717) is 24.8 Å². The van der Waals surface area contributed by atoms with Crippen molar-refractivity contribution in [2.75, 3.05) is 6.61 Å². The van der Waals surface area contributed by atoms with Crippen LogP contribution in [0.25, 0.3) is 0 Å². The lowest BCUT2D eigenvalue weighted by Gasteiger charge is -2.24. The van der Waals surface area contributed by atoms with E-state index < -0.39 is 18.2 Å². The summed E-state index contributed by atoms with van der Waals surface area (Å²) in [4.78, 5) is 11.6. The Balaban J connectivity index is 2.30. The van der Waals surface area contributed by atoms with Crippen molar-refractivity contribution in [1.29, 1.82) is 0 Å². The van der Waals surface area contributed by atoms with Crippen molar-refractivity contribution in [1.82, 2.24) is 0 Å². The highest BCUT2D eigenvalue weighted by molar-refractivity contribution is 5.90. The lowest BCUT2D eigenvalue weighted by atomic mass is 9.85. The Morgan fingerprint density at radius 3 is 2.89 bits per heavy atom. The van der Waals surface area contributed by atoms with E-state index in [9.17, 15) is 15.0 Å². The third-order valence-corrected chi connectivity index (χ3v) is 3.95. The lowest BCUT2D eigenvalue weighted by Crippen LogP contribution is -2.33. The van der Waals surface area contributed by atoms with Crippen molar-refractivity contribution in [3.8, 4) is 0 Å². The third-order valence-electron chi connectivity index (χ3n) is 3.95. The van der Waals surface area contributed by atoms with Crippen LogP contribution in [-0.2, 0) is 9.53 Å². The molecule has 1 heterocycles. The summed E-state index contributed by atoms with van der Waals surface area (Å²) in [6, 6.07) is 0. The Morgan fingerprint density at radius 2 is 2.21 bits per heavy atom. The number of aliphatic hydroxyl groups is 2. The molecule has 2 aliphatic rings. The molecule has 1 saturated heterocycles. The maximum atomic E-state index is 11.6. The number of fused-ring (bicyclic) bond motifs is 1. The van der Waals surface area contributed by atoms with Gasteiger partial charge < -0.3 is 14.9 Å². The quantitative estimate of drug-likeness (QED) is 0.428. The highest BCUT2D eigenvalue weighted by Crippen LogP contribution is 2.35. The Morgan fingerprint density at radius 1 is 1.47 bits per heavy atom. The number of allylic oxidation sites excluding steroid dienone is 2. The molecule has 0 aromatic rings. The van der Waals surface area contributed by atoms with Crippen LogP contribution < -0.4 is 0 Å². The van der Waals surface area contributed by atoms with E-state index in [2.05, 4.69) is 6.58 Å². The molecule has 0 bridgehead atoms. The molecule has 2 rings (SSSR count). The van der Waals surface area contributed by atoms with Gasteiger partial charge in [0.15, 0.2) is 0 Å². The van der Waals surface area contributed by atoms with Crippen molar-refractivity contribution in [3.63, 3.8) is 0 Å². The van der Waals surface area contributed by atoms with Crippen molar-refractivity contribution < 1.29 is 19.7 Å². The van der Waals surface area contributed by atoms with Crippen molar-refractivity contribution in [3.05, 3.63) is 35.5 Å². The molecule has 4 nitrogen and oxygen atoms in total. The van der Waals surface area contributed by atoms with Crippen LogP contribution in [0.5, 0.6) is 0 Å². The van der Waals surface area contributed by atoms with Crippen LogP contribution >= 0.6 is 0 Å². The molecule has 0 spiro atoms. The summed E-state index contributed by atoms with van der Waals surface area (Å²) in [6.45, 7) is 5.62. The summed E-state index contributed by atoms with van der Waals surface area (Å²) in [5, 5.41) is 19.6. The maximum absolute atomic E-state index is 11.6. The van der Waals surface area contributed by atoms with Gasteiger partial charge in [-0.25, -0.2) is 4.79 Å². The average molecular weight is 264 g/mol. The fourth-order valence-corrected chi connectivity index (χ4v) is 2.63. The fraction of sp³-hybridized carbons (Fsp3) is 0.533. The molecule has 0 aromatic carbocycles. The van der Waals surface area contributed by atoms with Gasteiger partial charge >= 0.3 is 5.97 Å². The second-order valence-electron chi connectivity index (χ2n) is 5.19. The molecule has 0 saturated carbocycles. The predicted octanol–water partition coefficient (Wildman–Crippen LogP) is 1.49. The zero-order valence-corrected chi connectivity index (χ0v) is 11.1. The van der Waals surface area contributed by atoms with E-state index in [-0.39, 0.29) is 12.5 Å². The average Bonchev–Trinajstić information content (AvgIpc) is 2.68. The van der Waals surface area contributed by atoms with Gasteiger partial charge in [0.05, 0.1) is 6.61 Å². The first-order valence-corrected chi connectivity index (χ1v) is 6.58. The minimum Gasteiger partial charge on any atom is -0.455 e. The van der Waals surface area contributed by atoms with Gasteiger partial charge in [0.2, 0.25) is 0 Å². The number of rotatable bonds is 1. The number of hydrogen-bond acceptors (Lipinski definition) is 4. The van der Waals surface area contributed by atoms with Crippen molar-refractivity contribution in [2.24, 2.45) is 5.92 Å². The van der Waals surface area contributed by atoms with Crippen LogP contribution in [0.2, 0.25) is 0 Å². The van der Waals surface area contributed by atoms with Crippen LogP contribution in [0, 0.1) is 5.92 Å². The van der Waals surface area contributed by atoms with E-state index in [1.165, 1.54) is 0 Å². The standard InChI is InChI=1S/C15H20O4/c1-9-4-3-5-11(8-16)6-7-12-10(2)15(18)19-14(12)13(9)17/h4-5,12-14,16-17H,2-3,6-8H2,1H3/b9-4-,11-5-/t12-,13+,14-/m0/s1. The predicted molar refractivity (Wildman–Crippen MR) is 71.3 cm³/mol. The van der Waals surface area contributed by atoms with Crippen LogP contribution in [0.3, 0.4) is 0 Å². The Hall–Kier alpha value is -1.39. The summed E-state index contributed by atoms with van der Waals surface area (Å²) in [5.74, 6) is -0.602. The summed E-state index contributed by atoms with van der Waals surface area (Å²) in [7, 11) is 0. The second kappa shape index (κ2) is 5.72. The zero-order chi connectivity index (χ0) is 14.0. The van der Waals surface area contributed by atoms with Crippen LogP contribution in [-0.4, -0.2) is 35.0 Å². The Kier molecular flexibility index (Phi) is 4.22. The summed E-state index contributed by atoms with van der Waals surface area (Å²) in [5.41, 5.74) is 2.16. The van der Waals surface area contributed by atoms with Crippen LogP contribution in [0.4, 0.5) is 0 Å². The number of carbonyl (C=O) groups excluding carboxylic acids is 1. The van der Waals surface area contributed by atoms with Crippen molar-refractivity contribution >= 4 is 5.97 Å². The SMILES string of the molecule is C=C1C(=O)O[C@@H]2[C@H](O)/C(C)=C\C/C=C(\CO)CC[C@@H]12. The number of ether oxygens (including phenoxy) is 1. The second-order valence-corrected chi connectivity index (χ2v) is 5.19. The normalized spacial score (nSPS) is 37.7. The molecule has 0 aromatic heterocycles. The maximum Gasteiger partial charge on any atom is 0.334 e. The summed E-state index contributed by atoms with van der Waals surface area (Å²) < 4.78 is 5.25. The van der Waals surface area contributed by atoms with Crippen molar-refractivity contribution in [2.45, 2.75) is 38.4 Å². The van der Waals surface area contributed by atoms with Gasteiger partial charge in [-0.05, 0) is 37.3 Å². The lowest BCUT2D eigenvalue weighted by molar-refractivity contribution is -0.142. The van der Waals surface area contributed by atoms with E-state index in [1.54, 1.807) is 0 Å². The molecular weight excluding hydrogens is 244 g/mol. The van der Waals surface area contributed by atoms with Gasteiger partial charge in [-0.3, -0.25) is 0 Å². The molecule has 2 N–H and O–H groups in total. The number of hydrogen-bond donors (Lipinski definition) is 2. The topological polar surface area (TPSA) is 66.8 Å². The Bertz CT molecular complexity index is 447. The first-order valence-electron chi connectivity index (χ1n) is 6.58. The van der Waals surface area contributed by atoms with E-state index in [4.69, 9.17) is 4.74 Å². The van der Waals surface area contributed by atoms with Crippen LogP contribution in [0.1, 0.15) is 26.2 Å². The molecule has 19 heavy (non-hydrogen) atoms. The molecule has 0 amide bonds. The fourth-order valence-electron chi connectivity index (χ4n) is 2.63. The molecule has 1 fully saturated rings. The monoisotopic (exact) mass is 264 g/mol. The van der Waals surface area contributed by atoms with E-state index in [1.807, 2.05) is 19.1 Å². The number of aliphatic hydroxyl groups excluding tert-OH is 2. The first-order chi connectivity index (χ1) is 9.04. The molecule has 4 heteroatoms. The van der Waals surface area contributed by atoms with Gasteiger partial charge in [-0.1, -0.05) is 18.7 Å². The number of esters is 1. The zero-order valence-electron chi connectivity index (χ0n) is 11.1. The molecular formula is C15H20O4. The van der Waals surface area contributed by atoms with E-state index in [0.717, 1.165) is 11.1 Å². The van der Waals surface area contributed by atoms with Crippen LogP contribution in [0.15, 0.2) is 35.5 Å². The molecule has 104 valence electrons. The highest BCUT2D eigenvalue weighted by atomic mass is 16.6. The molecule has 0 unspecified atom stereocenters. The minimum atomic E-state index is -0.780. The Labute approximate surface area is 113 Å². The minimum absolute atomic E-state index is 0.0219. The number of carbonyl (C=O) groups is 1. The molecule has 0 radical (unpaired) electrons. The largest absolute Gasteiger partial charge is 0.455 e. The first kappa shape index (κ1) is 14.0. The van der Waals surface area contributed by atoms with Gasteiger partial charge in [-0.2, -0.15) is 0 Å². The molecule has 1 aliphatic heterocycles. The van der Waals surface area contributed by atoms with E-state index >= 15 is 0 Å². The third kappa shape index (κ3) is 2.80. The van der Waals surface area contributed by atoms with Gasteiger partial charge in [-0.15, -0.1) is 0 Å². The summed E-state index contributed by atoms with van der Waals surface area (Å²) in [6.07, 6.45) is 4.56. The highest BCUT2D eigenvalue weighted by Gasteiger charge is 2.42. The smallest absolute Gasteiger partial charge is 0.334 e.